The first-order valence-corrected chi connectivity index (χ1v) is 11.2. The minimum atomic E-state index is 0. The Morgan fingerprint density at radius 3 is 0.771 bits per heavy atom. The Labute approximate surface area is 237 Å². The summed E-state index contributed by atoms with van der Waals surface area (Å²) >= 11 is 4.08. The Bertz CT molecular complexity index is 1010. The van der Waals surface area contributed by atoms with Crippen molar-refractivity contribution in [2.75, 3.05) is 0 Å². The molecule has 0 aliphatic carbocycles. The van der Waals surface area contributed by atoms with Crippen LogP contribution in [0.2, 0.25) is 0 Å². The third kappa shape index (κ3) is 15.7. The van der Waals surface area contributed by atoms with Gasteiger partial charge in [-0.3, -0.25) is 14.4 Å². The van der Waals surface area contributed by atoms with E-state index in [1.807, 2.05) is 121 Å². The molecule has 0 aliphatic rings. The molecule has 4 rings (SSSR count). The fourth-order valence-electron chi connectivity index (χ4n) is 2.45. The van der Waals surface area contributed by atoms with E-state index in [-0.39, 0.29) is 48.3 Å². The van der Waals surface area contributed by atoms with Gasteiger partial charge in [0.05, 0.1) is 0 Å². The quantitative estimate of drug-likeness (QED) is 0.254. The van der Waals surface area contributed by atoms with Crippen molar-refractivity contribution in [2.45, 2.75) is 25.7 Å². The van der Waals surface area contributed by atoms with Crippen molar-refractivity contribution < 1.29 is 45.4 Å². The molecule has 5 heteroatoms. The van der Waals surface area contributed by atoms with Crippen molar-refractivity contribution in [1.29, 1.82) is 0 Å². The monoisotopic (exact) mass is 494 g/mol. The zero-order valence-electron chi connectivity index (χ0n) is 21.7. The van der Waals surface area contributed by atoms with Crippen LogP contribution in [0.25, 0.3) is 0 Å². The number of hydrogen-bond donors (Lipinski definition) is 1. The maximum Gasteiger partial charge on any atom is 1.00 e. The van der Waals surface area contributed by atoms with Gasteiger partial charge >= 0.3 is 29.6 Å². The SMILES string of the molecule is CC(=O)c1ccccc1.CC(=O)c1ccccc1.CC(=O)c1ccccc1.Sc1ccccc1.[H-].[Na+]. The molecule has 0 unspecified atom stereocenters. The molecule has 176 valence electrons. The van der Waals surface area contributed by atoms with Gasteiger partial charge < -0.3 is 1.43 Å². The molecule has 0 fully saturated rings. The molecule has 0 spiro atoms. The summed E-state index contributed by atoms with van der Waals surface area (Å²) in [4.78, 5) is 33.0. The third-order valence-corrected chi connectivity index (χ3v) is 4.60. The van der Waals surface area contributed by atoms with Crippen LogP contribution in [-0.2, 0) is 0 Å². The van der Waals surface area contributed by atoms with Gasteiger partial charge in [0, 0.05) is 21.6 Å². The molecule has 0 heterocycles. The molecular formula is C30H31NaO3S. The Kier molecular flexibility index (Phi) is 18.0. The second-order valence-corrected chi connectivity index (χ2v) is 7.62. The van der Waals surface area contributed by atoms with Gasteiger partial charge in [-0.1, -0.05) is 109 Å². The van der Waals surface area contributed by atoms with Crippen LogP contribution < -0.4 is 29.6 Å². The van der Waals surface area contributed by atoms with E-state index in [1.54, 1.807) is 20.8 Å². The van der Waals surface area contributed by atoms with E-state index in [9.17, 15) is 14.4 Å². The van der Waals surface area contributed by atoms with Crippen molar-refractivity contribution in [3.8, 4) is 0 Å². The summed E-state index contributed by atoms with van der Waals surface area (Å²) in [5, 5.41) is 0. The molecule has 0 aliphatic heterocycles. The van der Waals surface area contributed by atoms with Crippen LogP contribution in [-0.4, -0.2) is 17.3 Å². The number of thiol groups is 1. The van der Waals surface area contributed by atoms with Crippen LogP contribution in [0.1, 0.15) is 53.3 Å². The molecule has 0 bridgehead atoms. The molecule has 3 nitrogen and oxygen atoms in total. The number of benzene rings is 4. The second kappa shape index (κ2) is 19.5. The largest absolute Gasteiger partial charge is 1.00 e. The maximum absolute atomic E-state index is 10.6. The molecule has 4 aromatic carbocycles. The smallest absolute Gasteiger partial charge is 1.00 e. The minimum Gasteiger partial charge on any atom is -1.00 e. The van der Waals surface area contributed by atoms with Gasteiger partial charge in [-0.05, 0) is 32.9 Å². The van der Waals surface area contributed by atoms with Gasteiger partial charge in [0.1, 0.15) is 0 Å². The zero-order chi connectivity index (χ0) is 25.2. The number of carbonyl (C=O) groups is 3. The van der Waals surface area contributed by atoms with E-state index < -0.39 is 0 Å². The summed E-state index contributed by atoms with van der Waals surface area (Å²) < 4.78 is 0. The fourth-order valence-corrected chi connectivity index (χ4v) is 2.62. The number of ketones is 3. The number of Topliss-reactive ketones (excluding diaryl/α,β-unsaturated/α-hetero) is 3. The van der Waals surface area contributed by atoms with E-state index in [0.29, 0.717) is 0 Å². The van der Waals surface area contributed by atoms with Crippen LogP contribution in [0.15, 0.2) is 126 Å². The molecular weight excluding hydrogens is 463 g/mol. The number of carbonyl (C=O) groups excluding carboxylic acids is 3. The third-order valence-electron chi connectivity index (χ3n) is 4.30. The molecule has 0 saturated carbocycles. The number of hydrogen-bond acceptors (Lipinski definition) is 4. The molecule has 0 radical (unpaired) electrons. The Morgan fingerprint density at radius 1 is 0.457 bits per heavy atom. The second-order valence-electron chi connectivity index (χ2n) is 7.10. The minimum absolute atomic E-state index is 0. The van der Waals surface area contributed by atoms with E-state index in [1.165, 1.54) is 0 Å². The van der Waals surface area contributed by atoms with Crippen molar-refractivity contribution in [1.82, 2.24) is 0 Å². The van der Waals surface area contributed by atoms with Crippen LogP contribution in [0.3, 0.4) is 0 Å². The first kappa shape index (κ1) is 32.2. The Morgan fingerprint density at radius 2 is 0.657 bits per heavy atom. The van der Waals surface area contributed by atoms with E-state index in [0.717, 1.165) is 21.6 Å². The topological polar surface area (TPSA) is 51.2 Å². The molecule has 35 heavy (non-hydrogen) atoms. The van der Waals surface area contributed by atoms with Crippen molar-refractivity contribution in [3.63, 3.8) is 0 Å². The zero-order valence-corrected chi connectivity index (χ0v) is 23.6. The van der Waals surface area contributed by atoms with Crippen LogP contribution in [0.5, 0.6) is 0 Å². The van der Waals surface area contributed by atoms with E-state index in [2.05, 4.69) is 12.6 Å². The molecule has 0 N–H and O–H groups in total. The van der Waals surface area contributed by atoms with Crippen molar-refractivity contribution in [3.05, 3.63) is 138 Å². The van der Waals surface area contributed by atoms with Crippen LogP contribution >= 0.6 is 12.6 Å². The standard InChI is InChI=1S/3C8H8O.C6H6S.Na.H/c3*1-7(9)8-5-3-2-4-6-8;7-6-4-2-1-3-5-6;;/h3*2-6H,1H3;1-5,7H;;/q;;;;+1;-1. The van der Waals surface area contributed by atoms with Gasteiger partial charge in [0.15, 0.2) is 17.3 Å². The summed E-state index contributed by atoms with van der Waals surface area (Å²) in [5.74, 6) is 0.363. The van der Waals surface area contributed by atoms with E-state index in [4.69, 9.17) is 0 Å². The summed E-state index contributed by atoms with van der Waals surface area (Å²) in [5.41, 5.74) is 2.33. The number of rotatable bonds is 3. The van der Waals surface area contributed by atoms with Gasteiger partial charge in [-0.15, -0.1) is 12.6 Å². The normalized spacial score (nSPS) is 8.69. The average molecular weight is 495 g/mol. The van der Waals surface area contributed by atoms with Crippen molar-refractivity contribution >= 4 is 30.0 Å². The van der Waals surface area contributed by atoms with Crippen LogP contribution in [0.4, 0.5) is 0 Å². The van der Waals surface area contributed by atoms with Gasteiger partial charge in [-0.2, -0.15) is 0 Å². The van der Waals surface area contributed by atoms with E-state index >= 15 is 0 Å². The van der Waals surface area contributed by atoms with Crippen LogP contribution in [0, 0.1) is 0 Å². The first-order chi connectivity index (χ1) is 16.3. The molecule has 0 saturated heterocycles. The van der Waals surface area contributed by atoms with Gasteiger partial charge in [0.25, 0.3) is 0 Å². The summed E-state index contributed by atoms with van der Waals surface area (Å²) in [7, 11) is 0. The predicted octanol–water partition coefficient (Wildman–Crippen LogP) is 4.76. The molecule has 4 aromatic rings. The molecule has 0 atom stereocenters. The Hall–Kier alpha value is -2.76. The van der Waals surface area contributed by atoms with Gasteiger partial charge in [-0.25, -0.2) is 0 Å². The van der Waals surface area contributed by atoms with Gasteiger partial charge in [0.2, 0.25) is 0 Å². The molecule has 0 aromatic heterocycles. The predicted molar refractivity (Wildman–Crippen MR) is 144 cm³/mol. The maximum atomic E-state index is 10.6. The van der Waals surface area contributed by atoms with Crippen molar-refractivity contribution in [2.24, 2.45) is 0 Å². The average Bonchev–Trinajstić information content (AvgIpc) is 2.87. The molecule has 0 amide bonds. The summed E-state index contributed by atoms with van der Waals surface area (Å²) in [6.45, 7) is 4.69. The fraction of sp³-hybridized carbons (Fsp3) is 0.100. The Balaban J connectivity index is 0. The summed E-state index contributed by atoms with van der Waals surface area (Å²) in [6, 6.07) is 37.5. The first-order valence-electron chi connectivity index (χ1n) is 10.7. The summed E-state index contributed by atoms with van der Waals surface area (Å²) in [6.07, 6.45) is 0.